The Morgan fingerprint density at radius 3 is 2.76 bits per heavy atom. The fourth-order valence-electron chi connectivity index (χ4n) is 2.13. The van der Waals surface area contributed by atoms with Crippen molar-refractivity contribution in [2.45, 2.75) is 39.8 Å². The van der Waals surface area contributed by atoms with Crippen LogP contribution in [0.15, 0.2) is 29.0 Å². The molecule has 0 saturated carbocycles. The summed E-state index contributed by atoms with van der Waals surface area (Å²) in [5.41, 5.74) is 0.912. The van der Waals surface area contributed by atoms with Crippen LogP contribution in [0.1, 0.15) is 38.1 Å². The molecule has 0 aliphatic carbocycles. The number of nitrogens with zero attached hydrogens (tertiary/aromatic N) is 4. The first kappa shape index (κ1) is 15.3. The van der Waals surface area contributed by atoms with E-state index in [1.807, 2.05) is 25.3 Å². The predicted molar refractivity (Wildman–Crippen MR) is 78.5 cm³/mol. The molecular formula is C15H22N4O2. The molecule has 2 heterocycles. The molecule has 2 aromatic rings. The van der Waals surface area contributed by atoms with Gasteiger partial charge in [0.05, 0.1) is 24.7 Å². The second kappa shape index (κ2) is 6.56. The molecule has 0 fully saturated rings. The molecule has 2 rings (SSSR count). The van der Waals surface area contributed by atoms with Gasteiger partial charge in [-0.2, -0.15) is 5.10 Å². The molecule has 1 amide bonds. The average Bonchev–Trinajstić information content (AvgIpc) is 3.09. The van der Waals surface area contributed by atoms with Crippen LogP contribution in [-0.2, 0) is 17.9 Å². The van der Waals surface area contributed by atoms with Crippen molar-refractivity contribution in [3.8, 4) is 0 Å². The van der Waals surface area contributed by atoms with Gasteiger partial charge in [-0.25, -0.2) is 0 Å². The Morgan fingerprint density at radius 2 is 2.19 bits per heavy atom. The minimum absolute atomic E-state index is 0.0630. The van der Waals surface area contributed by atoms with Gasteiger partial charge in [-0.1, -0.05) is 25.9 Å². The van der Waals surface area contributed by atoms with Crippen LogP contribution in [0.5, 0.6) is 0 Å². The third-order valence-corrected chi connectivity index (χ3v) is 3.38. The lowest BCUT2D eigenvalue weighted by molar-refractivity contribution is -0.134. The van der Waals surface area contributed by atoms with Gasteiger partial charge in [0.1, 0.15) is 0 Å². The van der Waals surface area contributed by atoms with Crippen molar-refractivity contribution in [1.29, 1.82) is 0 Å². The number of aromatic nitrogens is 3. The predicted octanol–water partition coefficient (Wildman–Crippen LogP) is 2.29. The van der Waals surface area contributed by atoms with E-state index in [-0.39, 0.29) is 11.8 Å². The topological polar surface area (TPSA) is 64.2 Å². The first-order chi connectivity index (χ1) is 9.97. The molecule has 6 nitrogen and oxygen atoms in total. The SMILES string of the molecule is CC(C)c1cc(CN(C)C(=O)[C@@H](C)Cn2cccn2)on1. The lowest BCUT2D eigenvalue weighted by Crippen LogP contribution is -2.33. The fraction of sp³-hybridized carbons (Fsp3) is 0.533. The molecule has 1 atom stereocenters. The number of rotatable bonds is 6. The molecule has 0 aliphatic heterocycles. The van der Waals surface area contributed by atoms with E-state index < -0.39 is 0 Å². The molecule has 0 unspecified atom stereocenters. The van der Waals surface area contributed by atoms with Crippen molar-refractivity contribution in [2.24, 2.45) is 5.92 Å². The number of carbonyl (C=O) groups is 1. The van der Waals surface area contributed by atoms with Crippen molar-refractivity contribution in [3.63, 3.8) is 0 Å². The van der Waals surface area contributed by atoms with Gasteiger partial charge >= 0.3 is 0 Å². The Morgan fingerprint density at radius 1 is 1.43 bits per heavy atom. The van der Waals surface area contributed by atoms with Crippen LogP contribution in [0.3, 0.4) is 0 Å². The van der Waals surface area contributed by atoms with Gasteiger partial charge in [-0.05, 0) is 12.0 Å². The standard InChI is InChI=1S/C15H22N4O2/c1-11(2)14-8-13(21-17-14)10-18(4)15(20)12(3)9-19-7-5-6-16-19/h5-8,11-12H,9-10H2,1-4H3/t12-/m0/s1. The lowest BCUT2D eigenvalue weighted by atomic mass is 10.1. The molecular weight excluding hydrogens is 268 g/mol. The van der Waals surface area contributed by atoms with Crippen molar-refractivity contribution in [3.05, 3.63) is 36.0 Å². The quantitative estimate of drug-likeness (QED) is 0.818. The maximum absolute atomic E-state index is 12.3. The van der Waals surface area contributed by atoms with E-state index in [1.165, 1.54) is 0 Å². The van der Waals surface area contributed by atoms with Crippen LogP contribution in [0.25, 0.3) is 0 Å². The Kier molecular flexibility index (Phi) is 4.77. The summed E-state index contributed by atoms with van der Waals surface area (Å²) in [5.74, 6) is 0.957. The van der Waals surface area contributed by atoms with Crippen LogP contribution in [-0.4, -0.2) is 32.8 Å². The first-order valence-electron chi connectivity index (χ1n) is 7.15. The summed E-state index contributed by atoms with van der Waals surface area (Å²) in [5, 5.41) is 8.13. The van der Waals surface area contributed by atoms with Crippen LogP contribution < -0.4 is 0 Å². The number of hydrogen-bond acceptors (Lipinski definition) is 4. The highest BCUT2D eigenvalue weighted by molar-refractivity contribution is 5.78. The van der Waals surface area contributed by atoms with Crippen LogP contribution in [0.4, 0.5) is 0 Å². The van der Waals surface area contributed by atoms with Gasteiger partial charge < -0.3 is 9.42 Å². The van der Waals surface area contributed by atoms with Gasteiger partial charge in [0.2, 0.25) is 5.91 Å². The van der Waals surface area contributed by atoms with Crippen molar-refractivity contribution >= 4 is 5.91 Å². The largest absolute Gasteiger partial charge is 0.359 e. The Labute approximate surface area is 124 Å². The Balaban J connectivity index is 1.92. The van der Waals surface area contributed by atoms with Gasteiger partial charge in [-0.15, -0.1) is 0 Å². The van der Waals surface area contributed by atoms with Crippen LogP contribution >= 0.6 is 0 Å². The molecule has 0 N–H and O–H groups in total. The normalized spacial score (nSPS) is 12.6. The molecule has 0 saturated heterocycles. The van der Waals surface area contributed by atoms with Crippen molar-refractivity contribution in [1.82, 2.24) is 19.8 Å². The highest BCUT2D eigenvalue weighted by Gasteiger charge is 2.20. The van der Waals surface area contributed by atoms with E-state index in [0.717, 1.165) is 5.69 Å². The van der Waals surface area contributed by atoms with Gasteiger partial charge in [0, 0.05) is 25.5 Å². The van der Waals surface area contributed by atoms with Gasteiger partial charge in [0.25, 0.3) is 0 Å². The first-order valence-corrected chi connectivity index (χ1v) is 7.15. The molecule has 0 bridgehead atoms. The fourth-order valence-corrected chi connectivity index (χ4v) is 2.13. The molecule has 21 heavy (non-hydrogen) atoms. The molecule has 0 radical (unpaired) electrons. The monoisotopic (exact) mass is 290 g/mol. The maximum atomic E-state index is 12.3. The van der Waals surface area contributed by atoms with E-state index in [2.05, 4.69) is 24.1 Å². The summed E-state index contributed by atoms with van der Waals surface area (Å²) in [6, 6.07) is 3.76. The van der Waals surface area contributed by atoms with E-state index >= 15 is 0 Å². The maximum Gasteiger partial charge on any atom is 0.227 e. The van der Waals surface area contributed by atoms with E-state index in [0.29, 0.717) is 24.8 Å². The lowest BCUT2D eigenvalue weighted by Gasteiger charge is -2.20. The van der Waals surface area contributed by atoms with E-state index in [4.69, 9.17) is 4.52 Å². The van der Waals surface area contributed by atoms with Crippen LogP contribution in [0.2, 0.25) is 0 Å². The summed E-state index contributed by atoms with van der Waals surface area (Å²) in [6.07, 6.45) is 3.57. The van der Waals surface area contributed by atoms with E-state index in [1.54, 1.807) is 22.8 Å². The average molecular weight is 290 g/mol. The molecule has 114 valence electrons. The summed E-state index contributed by atoms with van der Waals surface area (Å²) in [6.45, 7) is 7.03. The summed E-state index contributed by atoms with van der Waals surface area (Å²) < 4.78 is 7.04. The molecule has 6 heteroatoms. The smallest absolute Gasteiger partial charge is 0.227 e. The number of carbonyl (C=O) groups excluding carboxylic acids is 1. The zero-order valence-electron chi connectivity index (χ0n) is 13.0. The second-order valence-corrected chi connectivity index (χ2v) is 5.70. The minimum atomic E-state index is -0.137. The zero-order chi connectivity index (χ0) is 15.4. The second-order valence-electron chi connectivity index (χ2n) is 5.70. The van der Waals surface area contributed by atoms with Gasteiger partial charge in [-0.3, -0.25) is 9.48 Å². The number of amides is 1. The van der Waals surface area contributed by atoms with Crippen molar-refractivity contribution < 1.29 is 9.32 Å². The highest BCUT2D eigenvalue weighted by atomic mass is 16.5. The molecule has 0 aliphatic rings. The summed E-state index contributed by atoms with van der Waals surface area (Å²) in [7, 11) is 1.78. The zero-order valence-corrected chi connectivity index (χ0v) is 13.0. The van der Waals surface area contributed by atoms with Crippen molar-refractivity contribution in [2.75, 3.05) is 7.05 Å². The van der Waals surface area contributed by atoms with Gasteiger partial charge in [0.15, 0.2) is 5.76 Å². The van der Waals surface area contributed by atoms with E-state index in [9.17, 15) is 4.79 Å². The Hall–Kier alpha value is -2.11. The van der Waals surface area contributed by atoms with Crippen LogP contribution in [0, 0.1) is 5.92 Å². The summed E-state index contributed by atoms with van der Waals surface area (Å²) in [4.78, 5) is 14.0. The number of hydrogen-bond donors (Lipinski definition) is 0. The third-order valence-electron chi connectivity index (χ3n) is 3.38. The molecule has 0 spiro atoms. The minimum Gasteiger partial charge on any atom is -0.359 e. The molecule has 0 aromatic carbocycles. The summed E-state index contributed by atoms with van der Waals surface area (Å²) >= 11 is 0. The third kappa shape index (κ3) is 3.93. The molecule has 2 aromatic heterocycles. The Bertz CT molecular complexity index is 574. The highest BCUT2D eigenvalue weighted by Crippen LogP contribution is 2.16.